The zero-order valence-corrected chi connectivity index (χ0v) is 12.0. The Hall–Kier alpha value is -3.96. The molecule has 0 spiro atoms. The van der Waals surface area contributed by atoms with E-state index in [0.717, 1.165) is 0 Å². The number of aromatic amines is 2. The molecule has 0 saturated carbocycles. The summed E-state index contributed by atoms with van der Waals surface area (Å²) < 4.78 is 0. The van der Waals surface area contributed by atoms with E-state index in [1.54, 1.807) is 0 Å². The Labute approximate surface area is 132 Å². The van der Waals surface area contributed by atoms with Crippen LogP contribution in [0.3, 0.4) is 0 Å². The lowest BCUT2D eigenvalue weighted by Crippen LogP contribution is -2.12. The molecular weight excluding hydrogens is 316 g/mol. The molecule has 0 aromatic carbocycles. The Morgan fingerprint density at radius 2 is 1.04 bits per heavy atom. The minimum absolute atomic E-state index is 0.0491. The van der Waals surface area contributed by atoms with Gasteiger partial charge in [0.25, 0.3) is 11.1 Å². The lowest BCUT2D eigenvalue weighted by molar-refractivity contribution is 1.12. The molecule has 120 valence electrons. The van der Waals surface area contributed by atoms with Crippen LogP contribution in [0.5, 0.6) is 0 Å². The monoisotopic (exact) mass is 326 g/mol. The Balaban J connectivity index is 0.000000141. The van der Waals surface area contributed by atoms with Gasteiger partial charge in [0.05, 0.1) is 0 Å². The lowest BCUT2D eigenvalue weighted by Gasteiger charge is -1.94. The first kappa shape index (κ1) is 15.0. The number of hydrogen-bond acceptors (Lipinski definition) is 10. The molecule has 12 heteroatoms. The van der Waals surface area contributed by atoms with Crippen molar-refractivity contribution in [3.8, 4) is 0 Å². The molecule has 0 aliphatic rings. The first-order valence-corrected chi connectivity index (χ1v) is 6.47. The molecule has 12 nitrogen and oxygen atoms in total. The van der Waals surface area contributed by atoms with Gasteiger partial charge < -0.3 is 11.5 Å². The quantitative estimate of drug-likeness (QED) is 0.298. The SMILES string of the molecule is Nc1nc2nccnc2c(=O)[nH]1.Nc1nc2nccnc2c(=O)[nH]1. The highest BCUT2D eigenvalue weighted by Crippen LogP contribution is 1.98. The number of nitrogen functional groups attached to an aromatic ring is 2. The standard InChI is InChI=1S/2C6H5N5O/c2*7-6-10-4-3(5(12)11-6)8-1-2-9-4/h2*1-2H,(H3,7,9,10,11,12). The number of hydrogen-bond donors (Lipinski definition) is 4. The van der Waals surface area contributed by atoms with Crippen LogP contribution in [0.15, 0.2) is 34.4 Å². The molecule has 24 heavy (non-hydrogen) atoms. The average Bonchev–Trinajstić information content (AvgIpc) is 2.55. The van der Waals surface area contributed by atoms with Crippen LogP contribution in [0.4, 0.5) is 11.9 Å². The van der Waals surface area contributed by atoms with Crippen molar-refractivity contribution in [2.45, 2.75) is 0 Å². The minimum Gasteiger partial charge on any atom is -0.369 e. The number of nitrogens with zero attached hydrogens (tertiary/aromatic N) is 6. The average molecular weight is 326 g/mol. The summed E-state index contributed by atoms with van der Waals surface area (Å²) in [4.78, 5) is 49.7. The maximum Gasteiger partial charge on any atom is 0.280 e. The third-order valence-corrected chi connectivity index (χ3v) is 2.72. The van der Waals surface area contributed by atoms with Crippen molar-refractivity contribution in [3.63, 3.8) is 0 Å². The number of rotatable bonds is 0. The smallest absolute Gasteiger partial charge is 0.280 e. The fourth-order valence-corrected chi connectivity index (χ4v) is 1.78. The molecule has 4 rings (SSSR count). The first-order valence-electron chi connectivity index (χ1n) is 6.47. The van der Waals surface area contributed by atoms with Gasteiger partial charge in [0.15, 0.2) is 22.3 Å². The second kappa shape index (κ2) is 6.04. The van der Waals surface area contributed by atoms with Gasteiger partial charge in [-0.25, -0.2) is 19.9 Å². The van der Waals surface area contributed by atoms with Crippen LogP contribution >= 0.6 is 0 Å². The van der Waals surface area contributed by atoms with Crippen LogP contribution in [-0.4, -0.2) is 39.9 Å². The molecule has 0 aliphatic heterocycles. The van der Waals surface area contributed by atoms with E-state index in [4.69, 9.17) is 11.5 Å². The number of nitrogens with one attached hydrogen (secondary N) is 2. The molecule has 0 amide bonds. The van der Waals surface area contributed by atoms with Crippen molar-refractivity contribution in [2.75, 3.05) is 11.5 Å². The highest BCUT2D eigenvalue weighted by Gasteiger charge is 2.02. The van der Waals surface area contributed by atoms with E-state index in [2.05, 4.69) is 39.9 Å². The van der Waals surface area contributed by atoms with Crippen LogP contribution in [-0.2, 0) is 0 Å². The normalized spacial score (nSPS) is 10.3. The van der Waals surface area contributed by atoms with Crippen molar-refractivity contribution < 1.29 is 0 Å². The molecular formula is C12H10N10O2. The van der Waals surface area contributed by atoms with Gasteiger partial charge in [-0.2, -0.15) is 9.97 Å². The summed E-state index contributed by atoms with van der Waals surface area (Å²) in [5.41, 5.74) is 10.8. The van der Waals surface area contributed by atoms with Crippen LogP contribution in [0.2, 0.25) is 0 Å². The Kier molecular flexibility index (Phi) is 3.76. The maximum atomic E-state index is 11.1. The van der Waals surface area contributed by atoms with Crippen molar-refractivity contribution in [3.05, 3.63) is 45.5 Å². The molecule has 4 aromatic heterocycles. The molecule has 0 unspecified atom stereocenters. The highest BCUT2D eigenvalue weighted by atomic mass is 16.1. The minimum atomic E-state index is -0.370. The molecule has 0 fully saturated rings. The van der Waals surface area contributed by atoms with Crippen LogP contribution in [0.25, 0.3) is 22.3 Å². The van der Waals surface area contributed by atoms with Gasteiger partial charge in [0, 0.05) is 24.8 Å². The summed E-state index contributed by atoms with van der Waals surface area (Å²) in [5.74, 6) is 0.0981. The van der Waals surface area contributed by atoms with Gasteiger partial charge in [-0.15, -0.1) is 0 Å². The van der Waals surface area contributed by atoms with Gasteiger partial charge in [-0.3, -0.25) is 19.6 Å². The zero-order chi connectivity index (χ0) is 17.1. The van der Waals surface area contributed by atoms with E-state index in [0.29, 0.717) is 0 Å². The summed E-state index contributed by atoms with van der Waals surface area (Å²) in [6.07, 6.45) is 5.76. The van der Waals surface area contributed by atoms with Gasteiger partial charge in [-0.1, -0.05) is 0 Å². The molecule has 4 aromatic rings. The van der Waals surface area contributed by atoms with E-state index in [9.17, 15) is 9.59 Å². The second-order valence-electron chi connectivity index (χ2n) is 4.36. The molecule has 0 saturated heterocycles. The van der Waals surface area contributed by atoms with Gasteiger partial charge in [0.1, 0.15) is 0 Å². The third kappa shape index (κ3) is 2.96. The Bertz CT molecular complexity index is 1040. The summed E-state index contributed by atoms with van der Waals surface area (Å²) in [5, 5.41) is 0. The molecule has 0 aliphatic carbocycles. The summed E-state index contributed by atoms with van der Waals surface area (Å²) in [6, 6.07) is 0. The summed E-state index contributed by atoms with van der Waals surface area (Å²) in [7, 11) is 0. The van der Waals surface area contributed by atoms with Crippen molar-refractivity contribution in [1.82, 2.24) is 39.9 Å². The predicted octanol–water partition coefficient (Wildman–Crippen LogP) is -1.41. The molecule has 6 N–H and O–H groups in total. The van der Waals surface area contributed by atoms with Crippen LogP contribution in [0.1, 0.15) is 0 Å². The number of H-pyrrole nitrogens is 2. The Morgan fingerprint density at radius 3 is 1.46 bits per heavy atom. The van der Waals surface area contributed by atoms with Crippen LogP contribution in [0, 0.1) is 0 Å². The molecule has 0 bridgehead atoms. The predicted molar refractivity (Wildman–Crippen MR) is 84.7 cm³/mol. The number of fused-ring (bicyclic) bond motifs is 2. The van der Waals surface area contributed by atoms with E-state index >= 15 is 0 Å². The van der Waals surface area contributed by atoms with E-state index in [1.165, 1.54) is 24.8 Å². The third-order valence-electron chi connectivity index (χ3n) is 2.72. The number of nitrogens with two attached hydrogens (primary N) is 2. The fourth-order valence-electron chi connectivity index (χ4n) is 1.78. The Morgan fingerprint density at radius 1 is 0.667 bits per heavy atom. The number of anilines is 2. The lowest BCUT2D eigenvalue weighted by atomic mass is 10.5. The molecule has 4 heterocycles. The van der Waals surface area contributed by atoms with Gasteiger partial charge >= 0.3 is 0 Å². The maximum absolute atomic E-state index is 11.1. The fraction of sp³-hybridized carbons (Fsp3) is 0. The van der Waals surface area contributed by atoms with E-state index in [1.807, 2.05) is 0 Å². The van der Waals surface area contributed by atoms with Crippen LogP contribution < -0.4 is 22.6 Å². The molecule has 0 radical (unpaired) electrons. The molecule has 0 atom stereocenters. The summed E-state index contributed by atoms with van der Waals surface area (Å²) >= 11 is 0. The highest BCUT2D eigenvalue weighted by molar-refractivity contribution is 5.69. The van der Waals surface area contributed by atoms with Gasteiger partial charge in [0.2, 0.25) is 11.9 Å². The summed E-state index contributed by atoms with van der Waals surface area (Å²) in [6.45, 7) is 0. The first-order chi connectivity index (χ1) is 11.5. The van der Waals surface area contributed by atoms with Crippen molar-refractivity contribution in [2.24, 2.45) is 0 Å². The van der Waals surface area contributed by atoms with Crippen molar-refractivity contribution >= 4 is 34.2 Å². The van der Waals surface area contributed by atoms with Crippen molar-refractivity contribution in [1.29, 1.82) is 0 Å². The van der Waals surface area contributed by atoms with Gasteiger partial charge in [-0.05, 0) is 0 Å². The number of aromatic nitrogens is 8. The zero-order valence-electron chi connectivity index (χ0n) is 12.0. The second-order valence-corrected chi connectivity index (χ2v) is 4.36. The topological polar surface area (TPSA) is 195 Å². The largest absolute Gasteiger partial charge is 0.369 e. The van der Waals surface area contributed by atoms with E-state index in [-0.39, 0.29) is 45.3 Å². The van der Waals surface area contributed by atoms with E-state index < -0.39 is 0 Å².